The molecule has 2 aromatic heterocycles. The Morgan fingerprint density at radius 2 is 2.24 bits per heavy atom. The van der Waals surface area contributed by atoms with Crippen molar-refractivity contribution in [2.24, 2.45) is 0 Å². The van der Waals surface area contributed by atoms with E-state index >= 15 is 0 Å². The molecule has 3 aromatic rings. The summed E-state index contributed by atoms with van der Waals surface area (Å²) in [5.74, 6) is 0.869. The minimum Gasteiger partial charge on any atom is -0.338 e. The van der Waals surface area contributed by atoms with E-state index in [0.29, 0.717) is 5.56 Å². The number of benzene rings is 1. The van der Waals surface area contributed by atoms with Gasteiger partial charge in [-0.3, -0.25) is 0 Å². The Morgan fingerprint density at radius 1 is 1.35 bits per heavy atom. The summed E-state index contributed by atoms with van der Waals surface area (Å²) in [4.78, 5) is 9.03. The summed E-state index contributed by atoms with van der Waals surface area (Å²) in [7, 11) is 0. The summed E-state index contributed by atoms with van der Waals surface area (Å²) in [6, 6.07) is 9.67. The second-order valence-electron chi connectivity index (χ2n) is 3.82. The van der Waals surface area contributed by atoms with Crippen LogP contribution >= 0.6 is 11.3 Å². The Morgan fingerprint density at radius 3 is 2.94 bits per heavy atom. The first kappa shape index (κ1) is 10.1. The normalized spacial score (nSPS) is 10.6. The van der Waals surface area contributed by atoms with Crippen molar-refractivity contribution < 1.29 is 0 Å². The maximum Gasteiger partial charge on any atom is 0.139 e. The first-order chi connectivity index (χ1) is 8.28. The Labute approximate surface area is 102 Å². The van der Waals surface area contributed by atoms with Gasteiger partial charge in [-0.25, -0.2) is 4.98 Å². The first-order valence-corrected chi connectivity index (χ1v) is 6.10. The van der Waals surface area contributed by atoms with Gasteiger partial charge in [0.15, 0.2) is 0 Å². The molecule has 1 aromatic carbocycles. The molecule has 3 nitrogen and oxygen atoms in total. The summed E-state index contributed by atoms with van der Waals surface area (Å²) < 4.78 is 0. The van der Waals surface area contributed by atoms with Crippen molar-refractivity contribution in [3.63, 3.8) is 0 Å². The average Bonchev–Trinajstić information content (AvgIpc) is 2.93. The Kier molecular flexibility index (Phi) is 2.20. The number of thiophene rings is 1. The lowest BCUT2D eigenvalue weighted by Gasteiger charge is -1.92. The zero-order chi connectivity index (χ0) is 11.8. The number of hydrogen-bond donors (Lipinski definition) is 1. The van der Waals surface area contributed by atoms with Gasteiger partial charge in [0.25, 0.3) is 0 Å². The van der Waals surface area contributed by atoms with E-state index in [2.05, 4.69) is 34.4 Å². The predicted octanol–water partition coefficient (Wildman–Crippen LogP) is 3.47. The molecule has 0 spiro atoms. The quantitative estimate of drug-likeness (QED) is 0.707. The minimum atomic E-state index is 0.648. The highest BCUT2D eigenvalue weighted by Gasteiger charge is 2.08. The third-order valence-electron chi connectivity index (χ3n) is 2.72. The zero-order valence-corrected chi connectivity index (χ0v) is 10.0. The lowest BCUT2D eigenvalue weighted by Crippen LogP contribution is -1.78. The number of nitrogens with one attached hydrogen (secondary N) is 1. The summed E-state index contributed by atoms with van der Waals surface area (Å²) in [5, 5.41) is 10.9. The highest BCUT2D eigenvalue weighted by molar-refractivity contribution is 7.10. The van der Waals surface area contributed by atoms with E-state index in [1.165, 1.54) is 4.88 Å². The molecule has 17 heavy (non-hydrogen) atoms. The van der Waals surface area contributed by atoms with Crippen LogP contribution in [0.15, 0.2) is 29.6 Å². The van der Waals surface area contributed by atoms with Gasteiger partial charge < -0.3 is 4.98 Å². The number of aromatic amines is 1. The second-order valence-corrected chi connectivity index (χ2v) is 4.94. The molecule has 0 radical (unpaired) electrons. The lowest BCUT2D eigenvalue weighted by atomic mass is 10.2. The van der Waals surface area contributed by atoms with Gasteiger partial charge in [-0.05, 0) is 36.6 Å². The fraction of sp³-hybridized carbons (Fsp3) is 0.0769. The van der Waals surface area contributed by atoms with E-state index in [1.807, 2.05) is 12.1 Å². The van der Waals surface area contributed by atoms with Crippen molar-refractivity contribution in [1.82, 2.24) is 9.97 Å². The maximum absolute atomic E-state index is 8.85. The molecule has 0 unspecified atom stereocenters. The van der Waals surface area contributed by atoms with Crippen molar-refractivity contribution in [3.05, 3.63) is 40.1 Å². The van der Waals surface area contributed by atoms with Crippen LogP contribution in [0.2, 0.25) is 0 Å². The Hall–Kier alpha value is -2.12. The van der Waals surface area contributed by atoms with Crippen LogP contribution in [0.5, 0.6) is 0 Å². The van der Waals surface area contributed by atoms with Crippen LogP contribution in [0, 0.1) is 18.3 Å². The van der Waals surface area contributed by atoms with Gasteiger partial charge in [-0.15, -0.1) is 11.3 Å². The fourth-order valence-electron chi connectivity index (χ4n) is 1.84. The van der Waals surface area contributed by atoms with Gasteiger partial charge in [0.2, 0.25) is 0 Å². The van der Waals surface area contributed by atoms with Crippen molar-refractivity contribution in [2.75, 3.05) is 0 Å². The van der Waals surface area contributed by atoms with Gasteiger partial charge in [-0.1, -0.05) is 0 Å². The van der Waals surface area contributed by atoms with Gasteiger partial charge in [-0.2, -0.15) is 5.26 Å². The Bertz CT molecular complexity index is 731. The number of H-pyrrole nitrogens is 1. The minimum absolute atomic E-state index is 0.648. The van der Waals surface area contributed by atoms with Crippen LogP contribution in [-0.2, 0) is 0 Å². The molecular weight excluding hydrogens is 230 g/mol. The topological polar surface area (TPSA) is 52.5 Å². The van der Waals surface area contributed by atoms with Gasteiger partial charge in [0.1, 0.15) is 5.82 Å². The zero-order valence-electron chi connectivity index (χ0n) is 9.19. The largest absolute Gasteiger partial charge is 0.338 e. The van der Waals surface area contributed by atoms with E-state index in [0.717, 1.165) is 22.4 Å². The molecule has 82 valence electrons. The summed E-state index contributed by atoms with van der Waals surface area (Å²) >= 11 is 1.70. The first-order valence-electron chi connectivity index (χ1n) is 5.22. The van der Waals surface area contributed by atoms with Gasteiger partial charge >= 0.3 is 0 Å². The summed E-state index contributed by atoms with van der Waals surface area (Å²) in [5.41, 5.74) is 3.58. The Balaban J connectivity index is 2.21. The molecule has 1 N–H and O–H groups in total. The molecule has 0 atom stereocenters. The molecular formula is C13H9N3S. The number of rotatable bonds is 1. The molecule has 0 aliphatic heterocycles. The van der Waals surface area contributed by atoms with E-state index < -0.39 is 0 Å². The highest BCUT2D eigenvalue weighted by Crippen LogP contribution is 2.27. The number of aromatic nitrogens is 2. The van der Waals surface area contributed by atoms with Crippen LogP contribution in [-0.4, -0.2) is 9.97 Å². The maximum atomic E-state index is 8.85. The fourth-order valence-corrected chi connectivity index (χ4v) is 2.54. The molecule has 4 heteroatoms. The molecule has 0 aliphatic rings. The van der Waals surface area contributed by atoms with Crippen molar-refractivity contribution >= 4 is 22.4 Å². The van der Waals surface area contributed by atoms with Crippen LogP contribution in [0.4, 0.5) is 0 Å². The van der Waals surface area contributed by atoms with Gasteiger partial charge in [0, 0.05) is 10.4 Å². The van der Waals surface area contributed by atoms with Crippen LogP contribution in [0.25, 0.3) is 22.4 Å². The third-order valence-corrected chi connectivity index (χ3v) is 3.57. The molecule has 2 heterocycles. The number of hydrogen-bond acceptors (Lipinski definition) is 3. The highest BCUT2D eigenvalue weighted by atomic mass is 32.1. The smallest absolute Gasteiger partial charge is 0.139 e. The molecule has 0 amide bonds. The number of nitrogens with zero attached hydrogens (tertiary/aromatic N) is 2. The number of fused-ring (bicyclic) bond motifs is 1. The van der Waals surface area contributed by atoms with Crippen LogP contribution in [0.1, 0.15) is 10.4 Å². The average molecular weight is 239 g/mol. The van der Waals surface area contributed by atoms with E-state index in [4.69, 9.17) is 5.26 Å². The SMILES string of the molecule is Cc1sccc1-c1nc2ccc(C#N)cc2[nH]1. The molecule has 0 saturated heterocycles. The van der Waals surface area contributed by atoms with Crippen LogP contribution < -0.4 is 0 Å². The molecule has 3 rings (SSSR count). The number of imidazole rings is 1. The van der Waals surface area contributed by atoms with E-state index in [1.54, 1.807) is 17.4 Å². The van der Waals surface area contributed by atoms with Crippen LogP contribution in [0.3, 0.4) is 0 Å². The molecule has 0 aliphatic carbocycles. The van der Waals surface area contributed by atoms with Crippen molar-refractivity contribution in [2.45, 2.75) is 6.92 Å². The van der Waals surface area contributed by atoms with Crippen molar-refractivity contribution in [3.8, 4) is 17.5 Å². The molecule has 0 saturated carbocycles. The molecule has 0 fully saturated rings. The summed E-state index contributed by atoms with van der Waals surface area (Å²) in [6.45, 7) is 2.08. The number of nitriles is 1. The predicted molar refractivity (Wildman–Crippen MR) is 68.9 cm³/mol. The lowest BCUT2D eigenvalue weighted by molar-refractivity contribution is 1.33. The molecule has 0 bridgehead atoms. The van der Waals surface area contributed by atoms with Gasteiger partial charge in [0.05, 0.1) is 22.7 Å². The third kappa shape index (κ3) is 1.61. The monoisotopic (exact) mass is 239 g/mol. The second kappa shape index (κ2) is 3.72. The van der Waals surface area contributed by atoms with Crippen molar-refractivity contribution in [1.29, 1.82) is 5.26 Å². The summed E-state index contributed by atoms with van der Waals surface area (Å²) in [6.07, 6.45) is 0. The van der Waals surface area contributed by atoms with E-state index in [-0.39, 0.29) is 0 Å². The number of aryl methyl sites for hydroxylation is 1. The standard InChI is InChI=1S/C13H9N3S/c1-8-10(4-5-17-8)13-15-11-3-2-9(7-14)6-12(11)16-13/h2-6H,1H3,(H,15,16). The van der Waals surface area contributed by atoms with E-state index in [9.17, 15) is 0 Å².